The standard InChI is InChI=1S/C12H16.C3H6/c1-9(2)11(4)12-8-6-5-7-10(12)3;1-3-2/h5-9H,4H2,1-3H3;3H,1H2,2H3. The molecule has 0 aliphatic rings. The Morgan fingerprint density at radius 2 is 1.73 bits per heavy atom. The Morgan fingerprint density at radius 3 is 2.13 bits per heavy atom. The van der Waals surface area contributed by atoms with Crippen LogP contribution in [0.5, 0.6) is 0 Å². The third-order valence-corrected chi connectivity index (χ3v) is 2.19. The molecule has 0 saturated heterocycles. The molecule has 15 heavy (non-hydrogen) atoms. The molecule has 0 N–H and O–H groups in total. The van der Waals surface area contributed by atoms with E-state index in [2.05, 4.69) is 58.2 Å². The second kappa shape index (κ2) is 7.05. The molecular weight excluding hydrogens is 180 g/mol. The molecule has 82 valence electrons. The molecule has 0 aliphatic heterocycles. The summed E-state index contributed by atoms with van der Waals surface area (Å²) >= 11 is 0. The maximum absolute atomic E-state index is 4.09. The fourth-order valence-electron chi connectivity index (χ4n) is 1.24. The molecule has 0 atom stereocenters. The minimum atomic E-state index is 0.533. The van der Waals surface area contributed by atoms with Gasteiger partial charge in [-0.25, -0.2) is 0 Å². The van der Waals surface area contributed by atoms with E-state index in [1.54, 1.807) is 6.08 Å². The van der Waals surface area contributed by atoms with Gasteiger partial charge in [-0.2, -0.15) is 0 Å². The van der Waals surface area contributed by atoms with Crippen LogP contribution in [0.1, 0.15) is 31.9 Å². The zero-order chi connectivity index (χ0) is 11.8. The molecule has 0 fully saturated rings. The second-order valence-electron chi connectivity index (χ2n) is 3.90. The Hall–Kier alpha value is -1.30. The maximum atomic E-state index is 4.09. The number of aryl methyl sites for hydroxylation is 1. The van der Waals surface area contributed by atoms with Crippen molar-refractivity contribution in [3.63, 3.8) is 0 Å². The molecule has 0 radical (unpaired) electrons. The Labute approximate surface area is 94.3 Å². The molecule has 0 amide bonds. The van der Waals surface area contributed by atoms with Gasteiger partial charge in [0.15, 0.2) is 0 Å². The van der Waals surface area contributed by atoms with Crippen LogP contribution in [-0.4, -0.2) is 0 Å². The van der Waals surface area contributed by atoms with E-state index >= 15 is 0 Å². The molecular formula is C15H22. The lowest BCUT2D eigenvalue weighted by atomic mass is 9.94. The first-order valence-electron chi connectivity index (χ1n) is 5.36. The van der Waals surface area contributed by atoms with Gasteiger partial charge >= 0.3 is 0 Å². The van der Waals surface area contributed by atoms with E-state index in [-0.39, 0.29) is 0 Å². The van der Waals surface area contributed by atoms with Gasteiger partial charge in [0.1, 0.15) is 0 Å². The predicted molar refractivity (Wildman–Crippen MR) is 70.9 cm³/mol. The van der Waals surface area contributed by atoms with Gasteiger partial charge < -0.3 is 0 Å². The summed E-state index contributed by atoms with van der Waals surface area (Å²) in [5.74, 6) is 0.533. The smallest absolute Gasteiger partial charge is 0.0199 e. The normalized spacial score (nSPS) is 9.13. The Bertz CT molecular complexity index is 319. The molecule has 0 saturated carbocycles. The van der Waals surface area contributed by atoms with Crippen molar-refractivity contribution in [1.29, 1.82) is 0 Å². The van der Waals surface area contributed by atoms with Crippen LogP contribution in [0.2, 0.25) is 0 Å². The van der Waals surface area contributed by atoms with Gasteiger partial charge in [-0.3, -0.25) is 0 Å². The molecule has 0 aromatic heterocycles. The lowest BCUT2D eigenvalue weighted by Crippen LogP contribution is -1.93. The first kappa shape index (κ1) is 13.7. The van der Waals surface area contributed by atoms with Crippen LogP contribution in [0.3, 0.4) is 0 Å². The van der Waals surface area contributed by atoms with Gasteiger partial charge in [0, 0.05) is 0 Å². The maximum Gasteiger partial charge on any atom is -0.0199 e. The van der Waals surface area contributed by atoms with Crippen molar-refractivity contribution in [2.24, 2.45) is 5.92 Å². The minimum absolute atomic E-state index is 0.533. The predicted octanol–water partition coefficient (Wildman–Crippen LogP) is 4.86. The average Bonchev–Trinajstić information content (AvgIpc) is 2.18. The van der Waals surface area contributed by atoms with Crippen molar-refractivity contribution >= 4 is 5.57 Å². The highest BCUT2D eigenvalue weighted by molar-refractivity contribution is 5.67. The first-order valence-corrected chi connectivity index (χ1v) is 5.36. The Morgan fingerprint density at radius 1 is 1.27 bits per heavy atom. The lowest BCUT2D eigenvalue weighted by molar-refractivity contribution is 0.856. The highest BCUT2D eigenvalue weighted by atomic mass is 14.1. The van der Waals surface area contributed by atoms with Crippen LogP contribution in [0.4, 0.5) is 0 Å². The molecule has 0 unspecified atom stereocenters. The summed E-state index contributed by atoms with van der Waals surface area (Å²) in [5, 5.41) is 0. The molecule has 0 aliphatic carbocycles. The number of allylic oxidation sites excluding steroid dienone is 2. The Kier molecular flexibility index (Phi) is 6.44. The van der Waals surface area contributed by atoms with Crippen LogP contribution in [0, 0.1) is 12.8 Å². The molecule has 0 heterocycles. The molecule has 0 bridgehead atoms. The summed E-state index contributed by atoms with van der Waals surface area (Å²) in [4.78, 5) is 0. The topological polar surface area (TPSA) is 0 Å². The van der Waals surface area contributed by atoms with Gasteiger partial charge in [-0.05, 0) is 36.5 Å². The van der Waals surface area contributed by atoms with Crippen LogP contribution in [0.25, 0.3) is 5.57 Å². The van der Waals surface area contributed by atoms with E-state index in [1.807, 2.05) is 6.92 Å². The van der Waals surface area contributed by atoms with E-state index in [0.717, 1.165) is 0 Å². The monoisotopic (exact) mass is 202 g/mol. The second-order valence-corrected chi connectivity index (χ2v) is 3.90. The lowest BCUT2D eigenvalue weighted by Gasteiger charge is -2.11. The number of hydrogen-bond acceptors (Lipinski definition) is 0. The van der Waals surface area contributed by atoms with Crippen LogP contribution >= 0.6 is 0 Å². The molecule has 0 nitrogen and oxygen atoms in total. The Balaban J connectivity index is 0.000000583. The van der Waals surface area contributed by atoms with Gasteiger partial charge in [0.2, 0.25) is 0 Å². The fraction of sp³-hybridized carbons (Fsp3) is 0.333. The summed E-state index contributed by atoms with van der Waals surface area (Å²) in [6.45, 7) is 15.8. The zero-order valence-electron chi connectivity index (χ0n) is 10.4. The molecule has 1 aromatic rings. The highest BCUT2D eigenvalue weighted by Crippen LogP contribution is 2.23. The van der Waals surface area contributed by atoms with Crippen molar-refractivity contribution in [2.75, 3.05) is 0 Å². The summed E-state index contributed by atoms with van der Waals surface area (Å²) in [6.07, 6.45) is 1.75. The van der Waals surface area contributed by atoms with E-state index in [0.29, 0.717) is 5.92 Å². The van der Waals surface area contributed by atoms with Crippen molar-refractivity contribution in [1.82, 2.24) is 0 Å². The van der Waals surface area contributed by atoms with Gasteiger partial charge in [-0.1, -0.05) is 50.8 Å². The van der Waals surface area contributed by atoms with Crippen LogP contribution < -0.4 is 0 Å². The van der Waals surface area contributed by atoms with Crippen LogP contribution in [0.15, 0.2) is 43.5 Å². The SMILES string of the molecule is C=C(c1ccccc1C)C(C)C.C=CC. The average molecular weight is 202 g/mol. The highest BCUT2D eigenvalue weighted by Gasteiger charge is 2.04. The zero-order valence-corrected chi connectivity index (χ0v) is 10.4. The number of hydrogen-bond donors (Lipinski definition) is 0. The van der Waals surface area contributed by atoms with Gasteiger partial charge in [-0.15, -0.1) is 6.58 Å². The molecule has 1 aromatic carbocycles. The van der Waals surface area contributed by atoms with Crippen LogP contribution in [-0.2, 0) is 0 Å². The van der Waals surface area contributed by atoms with Crippen molar-refractivity contribution in [2.45, 2.75) is 27.7 Å². The summed E-state index contributed by atoms with van der Waals surface area (Å²) in [6, 6.07) is 8.39. The quantitative estimate of drug-likeness (QED) is 0.601. The fourth-order valence-corrected chi connectivity index (χ4v) is 1.24. The first-order chi connectivity index (χ1) is 7.04. The van der Waals surface area contributed by atoms with Gasteiger partial charge in [0.25, 0.3) is 0 Å². The van der Waals surface area contributed by atoms with E-state index in [9.17, 15) is 0 Å². The number of rotatable bonds is 2. The summed E-state index contributed by atoms with van der Waals surface area (Å²) < 4.78 is 0. The van der Waals surface area contributed by atoms with Gasteiger partial charge in [0.05, 0.1) is 0 Å². The van der Waals surface area contributed by atoms with Crippen molar-refractivity contribution in [3.05, 3.63) is 54.6 Å². The summed E-state index contributed by atoms with van der Waals surface area (Å²) in [5.41, 5.74) is 3.84. The minimum Gasteiger partial charge on any atom is -0.103 e. The van der Waals surface area contributed by atoms with E-state index in [1.165, 1.54) is 16.7 Å². The molecule has 0 heteroatoms. The van der Waals surface area contributed by atoms with Crippen molar-refractivity contribution in [3.8, 4) is 0 Å². The third kappa shape index (κ3) is 4.64. The van der Waals surface area contributed by atoms with E-state index < -0.39 is 0 Å². The number of benzene rings is 1. The molecule has 0 spiro atoms. The largest absolute Gasteiger partial charge is 0.103 e. The van der Waals surface area contributed by atoms with E-state index in [4.69, 9.17) is 0 Å². The summed E-state index contributed by atoms with van der Waals surface area (Å²) in [7, 11) is 0. The third-order valence-electron chi connectivity index (χ3n) is 2.19. The van der Waals surface area contributed by atoms with Crippen molar-refractivity contribution < 1.29 is 0 Å². The molecule has 1 rings (SSSR count).